The molecule has 1 aromatic carbocycles. The molecule has 1 spiro atoms. The van der Waals surface area contributed by atoms with Crippen molar-refractivity contribution >= 4 is 41.2 Å². The van der Waals surface area contributed by atoms with Crippen LogP contribution in [0.25, 0.3) is 0 Å². The largest absolute Gasteiger partial charge is 0.339 e. The molecule has 0 radical (unpaired) electrons. The Balaban J connectivity index is 1.34. The lowest BCUT2D eigenvalue weighted by Gasteiger charge is -2.36. The van der Waals surface area contributed by atoms with E-state index in [2.05, 4.69) is 10.6 Å². The van der Waals surface area contributed by atoms with Gasteiger partial charge in [0, 0.05) is 36.9 Å². The highest BCUT2D eigenvalue weighted by Crippen LogP contribution is 2.38. The second kappa shape index (κ2) is 9.59. The molecule has 0 bridgehead atoms. The van der Waals surface area contributed by atoms with Gasteiger partial charge in [-0.2, -0.15) is 0 Å². The lowest BCUT2D eigenvalue weighted by atomic mass is 9.73. The summed E-state index contributed by atoms with van der Waals surface area (Å²) in [5.41, 5.74) is -0.266. The Morgan fingerprint density at radius 2 is 1.88 bits per heavy atom. The predicted molar refractivity (Wildman–Crippen MR) is 124 cm³/mol. The lowest BCUT2D eigenvalue weighted by molar-refractivity contribution is -0.140. The molecule has 3 aliphatic rings. The Morgan fingerprint density at radius 3 is 2.64 bits per heavy atom. The molecule has 9 nitrogen and oxygen atoms in total. The molecule has 6 amide bonds. The van der Waals surface area contributed by atoms with Gasteiger partial charge in [0.15, 0.2) is 0 Å². The maximum Gasteiger partial charge on any atom is 0.325 e. The van der Waals surface area contributed by atoms with Crippen LogP contribution in [0.1, 0.15) is 39.0 Å². The first-order valence-corrected chi connectivity index (χ1v) is 11.9. The third-order valence-corrected chi connectivity index (χ3v) is 7.24. The third-order valence-electron chi connectivity index (χ3n) is 7.01. The number of urea groups is 2. The summed E-state index contributed by atoms with van der Waals surface area (Å²) >= 11 is 5.97. The number of anilines is 1. The molecule has 178 valence electrons. The molecule has 3 fully saturated rings. The average Bonchev–Trinajstić information content (AvgIpc) is 2.95. The van der Waals surface area contributed by atoms with E-state index in [9.17, 15) is 19.2 Å². The van der Waals surface area contributed by atoms with E-state index < -0.39 is 11.6 Å². The van der Waals surface area contributed by atoms with E-state index in [4.69, 9.17) is 11.6 Å². The molecule has 2 aliphatic heterocycles. The van der Waals surface area contributed by atoms with Gasteiger partial charge in [-0.1, -0.05) is 37.4 Å². The van der Waals surface area contributed by atoms with E-state index in [1.165, 1.54) is 0 Å². The van der Waals surface area contributed by atoms with E-state index in [0.717, 1.165) is 24.2 Å². The number of imide groups is 1. The Hall–Kier alpha value is -2.81. The van der Waals surface area contributed by atoms with Crippen LogP contribution in [0.5, 0.6) is 0 Å². The minimum atomic E-state index is -0.871. The molecule has 1 aliphatic carbocycles. The number of nitrogens with one attached hydrogen (secondary N) is 2. The average molecular weight is 476 g/mol. The molecule has 2 saturated heterocycles. The standard InChI is InChI=1S/C23H30ClN5O4/c1-16-6-2-3-9-23(16)20(31)29(22(33)26-23)15-19(30)27-10-5-11-28(13-12-27)21(32)25-18-8-4-7-17(24)14-18/h4,7-8,14,16H,2-3,5-6,9-13,15H2,1H3,(H,25,32)(H,26,33)/t16-,23+/m1/s1. The molecule has 2 N–H and O–H groups in total. The molecule has 10 heteroatoms. The number of hydrogen-bond acceptors (Lipinski definition) is 4. The van der Waals surface area contributed by atoms with Crippen molar-refractivity contribution in [1.82, 2.24) is 20.0 Å². The van der Waals surface area contributed by atoms with Crippen LogP contribution in [-0.2, 0) is 9.59 Å². The highest BCUT2D eigenvalue weighted by Gasteiger charge is 2.55. The van der Waals surface area contributed by atoms with Gasteiger partial charge < -0.3 is 20.4 Å². The van der Waals surface area contributed by atoms with Crippen molar-refractivity contribution in [3.63, 3.8) is 0 Å². The third kappa shape index (κ3) is 4.78. The quantitative estimate of drug-likeness (QED) is 0.656. The zero-order chi connectivity index (χ0) is 23.6. The van der Waals surface area contributed by atoms with Gasteiger partial charge in [0.05, 0.1) is 0 Å². The highest BCUT2D eigenvalue weighted by molar-refractivity contribution is 6.30. The number of rotatable bonds is 3. The number of carbonyl (C=O) groups is 4. The fourth-order valence-corrected chi connectivity index (χ4v) is 5.20. The lowest BCUT2D eigenvalue weighted by Crippen LogP contribution is -2.54. The van der Waals surface area contributed by atoms with Crippen LogP contribution < -0.4 is 10.6 Å². The van der Waals surface area contributed by atoms with Crippen molar-refractivity contribution in [3.8, 4) is 0 Å². The molecular formula is C23H30ClN5O4. The van der Waals surface area contributed by atoms with Gasteiger partial charge in [0.2, 0.25) is 5.91 Å². The summed E-state index contributed by atoms with van der Waals surface area (Å²) in [4.78, 5) is 55.7. The SMILES string of the molecule is C[C@@H]1CCCC[C@]12NC(=O)N(CC(=O)N1CCCN(C(=O)Nc3cccc(Cl)c3)CC1)C2=O. The molecule has 0 aromatic heterocycles. The normalized spacial score (nSPS) is 25.8. The summed E-state index contributed by atoms with van der Waals surface area (Å²) in [7, 11) is 0. The predicted octanol–water partition coefficient (Wildman–Crippen LogP) is 2.91. The molecule has 1 saturated carbocycles. The fourth-order valence-electron chi connectivity index (χ4n) is 5.01. The molecule has 2 atom stereocenters. The number of halogens is 1. The summed E-state index contributed by atoms with van der Waals surface area (Å²) in [6.07, 6.45) is 4.03. The highest BCUT2D eigenvalue weighted by atomic mass is 35.5. The van der Waals surface area contributed by atoms with Crippen LogP contribution in [0.3, 0.4) is 0 Å². The first-order chi connectivity index (χ1) is 15.8. The van der Waals surface area contributed by atoms with Crippen LogP contribution in [0.2, 0.25) is 5.02 Å². The van der Waals surface area contributed by atoms with Gasteiger partial charge >= 0.3 is 12.1 Å². The number of hydrogen-bond donors (Lipinski definition) is 2. The van der Waals surface area contributed by atoms with E-state index >= 15 is 0 Å². The van der Waals surface area contributed by atoms with Crippen LogP contribution in [-0.4, -0.2) is 76.8 Å². The zero-order valence-electron chi connectivity index (χ0n) is 18.8. The molecule has 33 heavy (non-hydrogen) atoms. The van der Waals surface area contributed by atoms with E-state index in [1.807, 2.05) is 6.92 Å². The summed E-state index contributed by atoms with van der Waals surface area (Å²) < 4.78 is 0. The topological polar surface area (TPSA) is 102 Å². The zero-order valence-corrected chi connectivity index (χ0v) is 19.6. The van der Waals surface area contributed by atoms with E-state index in [-0.39, 0.29) is 30.3 Å². The van der Waals surface area contributed by atoms with E-state index in [1.54, 1.807) is 34.1 Å². The minimum absolute atomic E-state index is 0.0487. The van der Waals surface area contributed by atoms with Crippen molar-refractivity contribution in [1.29, 1.82) is 0 Å². The van der Waals surface area contributed by atoms with Crippen molar-refractivity contribution in [2.75, 3.05) is 38.0 Å². The van der Waals surface area contributed by atoms with Crippen molar-refractivity contribution in [2.45, 2.75) is 44.6 Å². The van der Waals surface area contributed by atoms with Crippen molar-refractivity contribution in [3.05, 3.63) is 29.3 Å². The van der Waals surface area contributed by atoms with Crippen molar-refractivity contribution in [2.24, 2.45) is 5.92 Å². The fraction of sp³-hybridized carbons (Fsp3) is 0.565. The van der Waals surface area contributed by atoms with E-state index in [0.29, 0.717) is 49.7 Å². The Kier molecular flexibility index (Phi) is 6.78. The summed E-state index contributed by atoms with van der Waals surface area (Å²) in [6.45, 7) is 3.38. The number of carbonyl (C=O) groups excluding carboxylic acids is 4. The molecule has 2 heterocycles. The second-order valence-corrected chi connectivity index (χ2v) is 9.54. The van der Waals surface area contributed by atoms with Crippen LogP contribution in [0.4, 0.5) is 15.3 Å². The van der Waals surface area contributed by atoms with Gasteiger partial charge in [0.1, 0.15) is 12.1 Å². The first kappa shape index (κ1) is 23.4. The molecular weight excluding hydrogens is 446 g/mol. The number of benzene rings is 1. The second-order valence-electron chi connectivity index (χ2n) is 9.10. The first-order valence-electron chi connectivity index (χ1n) is 11.5. The summed E-state index contributed by atoms with van der Waals surface area (Å²) in [6, 6.07) is 6.18. The molecule has 1 aromatic rings. The molecule has 4 rings (SSSR count). The summed E-state index contributed by atoms with van der Waals surface area (Å²) in [5.74, 6) is -0.519. The van der Waals surface area contributed by atoms with Crippen LogP contribution in [0.15, 0.2) is 24.3 Å². The van der Waals surface area contributed by atoms with Crippen molar-refractivity contribution < 1.29 is 19.2 Å². The Labute approximate surface area is 198 Å². The molecule has 0 unspecified atom stereocenters. The number of nitrogens with zero attached hydrogens (tertiary/aromatic N) is 3. The van der Waals surface area contributed by atoms with Gasteiger partial charge in [0.25, 0.3) is 5.91 Å². The van der Waals surface area contributed by atoms with Gasteiger partial charge in [-0.05, 0) is 43.4 Å². The Morgan fingerprint density at radius 1 is 1.12 bits per heavy atom. The summed E-state index contributed by atoms with van der Waals surface area (Å²) in [5, 5.41) is 6.24. The van der Waals surface area contributed by atoms with Crippen LogP contribution in [0, 0.1) is 5.92 Å². The van der Waals surface area contributed by atoms with Gasteiger partial charge in [-0.25, -0.2) is 9.59 Å². The minimum Gasteiger partial charge on any atom is -0.339 e. The van der Waals surface area contributed by atoms with Crippen LogP contribution >= 0.6 is 11.6 Å². The maximum absolute atomic E-state index is 13.1. The monoisotopic (exact) mass is 475 g/mol. The smallest absolute Gasteiger partial charge is 0.325 e. The van der Waals surface area contributed by atoms with Gasteiger partial charge in [-0.3, -0.25) is 14.5 Å². The number of amides is 6. The Bertz CT molecular complexity index is 957. The van der Waals surface area contributed by atoms with Gasteiger partial charge in [-0.15, -0.1) is 0 Å². The maximum atomic E-state index is 13.1.